The predicted octanol–water partition coefficient (Wildman–Crippen LogP) is 3.13. The molecule has 0 saturated carbocycles. The first-order valence-corrected chi connectivity index (χ1v) is 8.01. The van der Waals surface area contributed by atoms with Crippen molar-refractivity contribution in [1.82, 2.24) is 0 Å². The number of halogens is 2. The van der Waals surface area contributed by atoms with Crippen molar-refractivity contribution in [2.24, 2.45) is 0 Å². The third-order valence-electron chi connectivity index (χ3n) is 3.99. The summed E-state index contributed by atoms with van der Waals surface area (Å²) in [4.78, 5) is 37.5. The molecule has 0 atom stereocenters. The molecule has 2 aromatic carbocycles. The van der Waals surface area contributed by atoms with Crippen LogP contribution in [0.1, 0.15) is 33.6 Å². The summed E-state index contributed by atoms with van der Waals surface area (Å²) in [7, 11) is 0. The van der Waals surface area contributed by atoms with E-state index in [1.807, 2.05) is 0 Å². The molecule has 5 nitrogen and oxygen atoms in total. The average Bonchev–Trinajstić information content (AvgIpc) is 3.04. The van der Waals surface area contributed by atoms with Crippen molar-refractivity contribution in [1.29, 1.82) is 0 Å². The van der Waals surface area contributed by atoms with E-state index in [1.165, 1.54) is 0 Å². The smallest absolute Gasteiger partial charge is 0.338 e. The number of carbonyl (C=O) groups is 3. The normalized spacial score (nSPS) is 13.8. The van der Waals surface area contributed by atoms with Gasteiger partial charge in [-0.25, -0.2) is 13.6 Å². The minimum absolute atomic E-state index is 0.00541. The minimum Gasteiger partial charge on any atom is -0.454 e. The lowest BCUT2D eigenvalue weighted by Gasteiger charge is -2.16. The molecule has 0 bridgehead atoms. The zero-order chi connectivity index (χ0) is 18.7. The van der Waals surface area contributed by atoms with E-state index in [4.69, 9.17) is 4.74 Å². The Hall–Kier alpha value is -3.09. The van der Waals surface area contributed by atoms with E-state index in [1.54, 1.807) is 29.2 Å². The largest absolute Gasteiger partial charge is 0.454 e. The summed E-state index contributed by atoms with van der Waals surface area (Å²) in [5.74, 6) is -3.31. The molecule has 0 aromatic heterocycles. The van der Waals surface area contributed by atoms with E-state index in [9.17, 15) is 23.2 Å². The number of benzene rings is 2. The SMILES string of the molecule is O=C(COC(=O)c1cc(F)cc(F)c1)c1cccc(N2CCCC2=O)c1. The van der Waals surface area contributed by atoms with Gasteiger partial charge in [-0.1, -0.05) is 12.1 Å². The lowest BCUT2D eigenvalue weighted by molar-refractivity contribution is -0.117. The van der Waals surface area contributed by atoms with Gasteiger partial charge in [0, 0.05) is 30.3 Å². The Kier molecular flexibility index (Phi) is 5.06. The summed E-state index contributed by atoms with van der Waals surface area (Å²) in [5, 5.41) is 0. The van der Waals surface area contributed by atoms with Crippen LogP contribution in [0.2, 0.25) is 0 Å². The highest BCUT2D eigenvalue weighted by molar-refractivity contribution is 6.01. The van der Waals surface area contributed by atoms with Crippen molar-refractivity contribution in [3.8, 4) is 0 Å². The molecule has 0 N–H and O–H groups in total. The maximum Gasteiger partial charge on any atom is 0.338 e. The maximum atomic E-state index is 13.1. The first-order chi connectivity index (χ1) is 12.4. The van der Waals surface area contributed by atoms with E-state index >= 15 is 0 Å². The molecule has 0 aliphatic carbocycles. The molecule has 1 saturated heterocycles. The van der Waals surface area contributed by atoms with Crippen LogP contribution in [-0.2, 0) is 9.53 Å². The van der Waals surface area contributed by atoms with Gasteiger partial charge in [-0.2, -0.15) is 0 Å². The van der Waals surface area contributed by atoms with Gasteiger partial charge in [0.1, 0.15) is 11.6 Å². The molecule has 26 heavy (non-hydrogen) atoms. The van der Waals surface area contributed by atoms with Gasteiger partial charge in [0.15, 0.2) is 12.4 Å². The van der Waals surface area contributed by atoms with Crippen molar-refractivity contribution in [3.05, 3.63) is 65.2 Å². The van der Waals surface area contributed by atoms with Crippen LogP contribution in [0.15, 0.2) is 42.5 Å². The van der Waals surface area contributed by atoms with E-state index in [2.05, 4.69) is 0 Å². The average molecular weight is 359 g/mol. The quantitative estimate of drug-likeness (QED) is 0.608. The summed E-state index contributed by atoms with van der Waals surface area (Å²) < 4.78 is 31.1. The summed E-state index contributed by atoms with van der Waals surface area (Å²) in [6, 6.07) is 8.75. The Morgan fingerprint density at radius 2 is 1.77 bits per heavy atom. The van der Waals surface area contributed by atoms with Gasteiger partial charge in [-0.15, -0.1) is 0 Å². The topological polar surface area (TPSA) is 63.7 Å². The van der Waals surface area contributed by atoms with E-state index in [-0.39, 0.29) is 17.0 Å². The molecule has 1 aliphatic rings. The summed E-state index contributed by atoms with van der Waals surface area (Å²) in [6.07, 6.45) is 1.23. The summed E-state index contributed by atoms with van der Waals surface area (Å²) >= 11 is 0. The lowest BCUT2D eigenvalue weighted by atomic mass is 10.1. The molecule has 134 valence electrons. The first-order valence-electron chi connectivity index (χ1n) is 8.01. The zero-order valence-electron chi connectivity index (χ0n) is 13.7. The maximum absolute atomic E-state index is 13.1. The molecule has 1 fully saturated rings. The van der Waals surface area contributed by atoms with Crippen LogP contribution < -0.4 is 4.90 Å². The Morgan fingerprint density at radius 1 is 1.04 bits per heavy atom. The number of esters is 1. The predicted molar refractivity (Wildman–Crippen MR) is 89.0 cm³/mol. The van der Waals surface area contributed by atoms with Crippen LogP contribution in [0.25, 0.3) is 0 Å². The Balaban J connectivity index is 1.66. The van der Waals surface area contributed by atoms with E-state index in [0.29, 0.717) is 24.7 Å². The van der Waals surface area contributed by atoms with Crippen LogP contribution >= 0.6 is 0 Å². The number of anilines is 1. The van der Waals surface area contributed by atoms with Gasteiger partial charge in [0.05, 0.1) is 5.56 Å². The highest BCUT2D eigenvalue weighted by atomic mass is 19.1. The van der Waals surface area contributed by atoms with Crippen LogP contribution in [0.5, 0.6) is 0 Å². The fourth-order valence-corrected chi connectivity index (χ4v) is 2.74. The number of hydrogen-bond donors (Lipinski definition) is 0. The van der Waals surface area contributed by atoms with Gasteiger partial charge < -0.3 is 9.64 Å². The number of Topliss-reactive ketones (excluding diaryl/α,β-unsaturated/α-hetero) is 1. The minimum atomic E-state index is -0.998. The number of ketones is 1. The molecular weight excluding hydrogens is 344 g/mol. The van der Waals surface area contributed by atoms with Gasteiger partial charge in [-0.3, -0.25) is 9.59 Å². The second-order valence-corrected chi connectivity index (χ2v) is 5.86. The standard InChI is InChI=1S/C19H15F2NO4/c20-14-7-13(8-15(21)10-14)19(25)26-11-17(23)12-3-1-4-16(9-12)22-6-2-5-18(22)24/h1,3-4,7-10H,2,5-6,11H2. The molecule has 1 amide bonds. The third-order valence-corrected chi connectivity index (χ3v) is 3.99. The van der Waals surface area contributed by atoms with Crippen molar-refractivity contribution >= 4 is 23.3 Å². The van der Waals surface area contributed by atoms with Crippen molar-refractivity contribution < 1.29 is 27.9 Å². The second kappa shape index (κ2) is 7.43. The molecule has 1 heterocycles. The van der Waals surface area contributed by atoms with Crippen LogP contribution in [0, 0.1) is 11.6 Å². The number of carbonyl (C=O) groups excluding carboxylic acids is 3. The summed E-state index contributed by atoms with van der Waals surface area (Å²) in [5.41, 5.74) is 0.573. The molecule has 0 radical (unpaired) electrons. The highest BCUT2D eigenvalue weighted by Crippen LogP contribution is 2.22. The lowest BCUT2D eigenvalue weighted by Crippen LogP contribution is -2.24. The highest BCUT2D eigenvalue weighted by Gasteiger charge is 2.22. The van der Waals surface area contributed by atoms with Gasteiger partial charge in [0.25, 0.3) is 0 Å². The van der Waals surface area contributed by atoms with Gasteiger partial charge in [0.2, 0.25) is 5.91 Å². The molecule has 7 heteroatoms. The van der Waals surface area contributed by atoms with Gasteiger partial charge >= 0.3 is 5.97 Å². The number of ether oxygens (including phenoxy) is 1. The summed E-state index contributed by atoms with van der Waals surface area (Å²) in [6.45, 7) is 0.0188. The zero-order valence-corrected chi connectivity index (χ0v) is 13.7. The molecular formula is C19H15F2NO4. The number of amides is 1. The third kappa shape index (κ3) is 3.93. The van der Waals surface area contributed by atoms with Gasteiger partial charge in [-0.05, 0) is 30.7 Å². The molecule has 1 aliphatic heterocycles. The molecule has 0 unspecified atom stereocenters. The second-order valence-electron chi connectivity index (χ2n) is 5.86. The number of rotatable bonds is 5. The van der Waals surface area contributed by atoms with Crippen LogP contribution in [0.4, 0.5) is 14.5 Å². The van der Waals surface area contributed by atoms with Crippen molar-refractivity contribution in [3.63, 3.8) is 0 Å². The Labute approximate surface area is 148 Å². The fourth-order valence-electron chi connectivity index (χ4n) is 2.74. The first kappa shape index (κ1) is 17.7. The Morgan fingerprint density at radius 3 is 2.42 bits per heavy atom. The molecule has 0 spiro atoms. The van der Waals surface area contributed by atoms with E-state index < -0.39 is 30.0 Å². The van der Waals surface area contributed by atoms with Crippen LogP contribution in [-0.4, -0.2) is 30.8 Å². The monoisotopic (exact) mass is 359 g/mol. The Bertz CT molecular complexity index is 861. The molecule has 2 aromatic rings. The fraction of sp³-hybridized carbons (Fsp3) is 0.211. The number of nitrogens with zero attached hydrogens (tertiary/aromatic N) is 1. The number of hydrogen-bond acceptors (Lipinski definition) is 4. The van der Waals surface area contributed by atoms with Crippen molar-refractivity contribution in [2.75, 3.05) is 18.1 Å². The van der Waals surface area contributed by atoms with Crippen molar-refractivity contribution in [2.45, 2.75) is 12.8 Å². The molecule has 3 rings (SSSR count). The van der Waals surface area contributed by atoms with Crippen LogP contribution in [0.3, 0.4) is 0 Å². The van der Waals surface area contributed by atoms with E-state index in [0.717, 1.165) is 18.6 Å².